The summed E-state index contributed by atoms with van der Waals surface area (Å²) >= 11 is 0. The van der Waals surface area contributed by atoms with E-state index in [1.807, 2.05) is 37.3 Å². The van der Waals surface area contributed by atoms with E-state index in [1.165, 1.54) is 12.3 Å². The van der Waals surface area contributed by atoms with Crippen molar-refractivity contribution in [3.63, 3.8) is 0 Å². The zero-order chi connectivity index (χ0) is 16.1. The molecule has 0 aliphatic carbocycles. The topological polar surface area (TPSA) is 50.2 Å². The van der Waals surface area contributed by atoms with Crippen molar-refractivity contribution in [3.8, 4) is 11.3 Å². The summed E-state index contributed by atoms with van der Waals surface area (Å²) in [5, 5.41) is 4.04. The molecule has 114 valence electrons. The molecule has 0 fully saturated rings. The van der Waals surface area contributed by atoms with Gasteiger partial charge in [-0.05, 0) is 13.0 Å². The lowest BCUT2D eigenvalue weighted by molar-refractivity contribution is 0.626. The Morgan fingerprint density at radius 3 is 2.52 bits per heavy atom. The monoisotopic (exact) mass is 306 g/mol. The van der Waals surface area contributed by atoms with Crippen molar-refractivity contribution in [3.05, 3.63) is 77.9 Å². The van der Waals surface area contributed by atoms with Crippen LogP contribution in [0.25, 0.3) is 11.3 Å². The van der Waals surface area contributed by atoms with Crippen molar-refractivity contribution >= 4 is 12.0 Å². The van der Waals surface area contributed by atoms with Gasteiger partial charge in [-0.3, -0.25) is 5.43 Å². The van der Waals surface area contributed by atoms with E-state index in [0.717, 1.165) is 11.3 Å². The summed E-state index contributed by atoms with van der Waals surface area (Å²) < 4.78 is 13.5. The first-order chi connectivity index (χ1) is 11.2. The molecule has 0 aliphatic heterocycles. The maximum atomic E-state index is 13.5. The van der Waals surface area contributed by atoms with Gasteiger partial charge in [0.05, 0.1) is 11.9 Å². The molecular weight excluding hydrogens is 291 g/mol. The lowest BCUT2D eigenvalue weighted by Crippen LogP contribution is -1.99. The van der Waals surface area contributed by atoms with Gasteiger partial charge in [0.15, 0.2) is 0 Å². The summed E-state index contributed by atoms with van der Waals surface area (Å²) in [5.41, 5.74) is 5.04. The van der Waals surface area contributed by atoms with E-state index < -0.39 is 0 Å². The number of benzene rings is 2. The van der Waals surface area contributed by atoms with Crippen LogP contribution < -0.4 is 5.43 Å². The first-order valence-corrected chi connectivity index (χ1v) is 7.17. The van der Waals surface area contributed by atoms with Gasteiger partial charge in [0.25, 0.3) is 0 Å². The van der Waals surface area contributed by atoms with Crippen LogP contribution in [0.2, 0.25) is 0 Å². The van der Waals surface area contributed by atoms with Gasteiger partial charge in [-0.2, -0.15) is 5.10 Å². The highest BCUT2D eigenvalue weighted by atomic mass is 19.1. The highest BCUT2D eigenvalue weighted by Gasteiger charge is 2.03. The van der Waals surface area contributed by atoms with Gasteiger partial charge < -0.3 is 0 Å². The molecule has 0 aliphatic rings. The summed E-state index contributed by atoms with van der Waals surface area (Å²) in [5.74, 6) is 0.876. The molecule has 0 radical (unpaired) electrons. The molecule has 4 nitrogen and oxygen atoms in total. The summed E-state index contributed by atoms with van der Waals surface area (Å²) in [6.07, 6.45) is 1.43. The van der Waals surface area contributed by atoms with Gasteiger partial charge in [-0.15, -0.1) is 0 Å². The molecule has 0 atom stereocenters. The van der Waals surface area contributed by atoms with Gasteiger partial charge in [-0.25, -0.2) is 14.4 Å². The lowest BCUT2D eigenvalue weighted by atomic mass is 10.1. The molecule has 1 N–H and O–H groups in total. The first-order valence-electron chi connectivity index (χ1n) is 7.17. The summed E-state index contributed by atoms with van der Waals surface area (Å²) in [6, 6.07) is 18.1. The molecule has 0 unspecified atom stereocenters. The van der Waals surface area contributed by atoms with Gasteiger partial charge >= 0.3 is 0 Å². The van der Waals surface area contributed by atoms with Crippen LogP contribution in [-0.2, 0) is 0 Å². The fraction of sp³-hybridized carbons (Fsp3) is 0.0556. The number of nitrogens with one attached hydrogen (secondary N) is 1. The van der Waals surface area contributed by atoms with E-state index in [9.17, 15) is 4.39 Å². The van der Waals surface area contributed by atoms with Crippen LogP contribution in [-0.4, -0.2) is 16.2 Å². The molecule has 3 rings (SSSR count). The normalized spacial score (nSPS) is 10.9. The van der Waals surface area contributed by atoms with Crippen molar-refractivity contribution in [1.82, 2.24) is 9.97 Å². The van der Waals surface area contributed by atoms with E-state index in [4.69, 9.17) is 0 Å². The van der Waals surface area contributed by atoms with Crippen LogP contribution in [0.15, 0.2) is 65.8 Å². The number of rotatable bonds is 4. The molecule has 1 aromatic heterocycles. The third-order valence-corrected chi connectivity index (χ3v) is 3.20. The zero-order valence-corrected chi connectivity index (χ0v) is 12.6. The maximum absolute atomic E-state index is 13.5. The van der Waals surface area contributed by atoms with E-state index in [0.29, 0.717) is 17.2 Å². The van der Waals surface area contributed by atoms with Crippen molar-refractivity contribution < 1.29 is 4.39 Å². The smallest absolute Gasteiger partial charge is 0.150 e. The minimum Gasteiger partial charge on any atom is -0.261 e. The summed E-state index contributed by atoms with van der Waals surface area (Å²) in [7, 11) is 0. The van der Waals surface area contributed by atoms with Crippen LogP contribution in [0.4, 0.5) is 10.2 Å². The van der Waals surface area contributed by atoms with E-state index in [1.54, 1.807) is 24.3 Å². The average molecular weight is 306 g/mol. The molecule has 0 amide bonds. The number of aromatic nitrogens is 2. The fourth-order valence-electron chi connectivity index (χ4n) is 2.13. The Hall–Kier alpha value is -3.08. The molecule has 0 saturated carbocycles. The van der Waals surface area contributed by atoms with E-state index >= 15 is 0 Å². The Kier molecular flexibility index (Phi) is 4.38. The predicted molar refractivity (Wildman–Crippen MR) is 89.8 cm³/mol. The van der Waals surface area contributed by atoms with Gasteiger partial charge in [0.2, 0.25) is 0 Å². The fourth-order valence-corrected chi connectivity index (χ4v) is 2.13. The number of anilines is 1. The molecule has 5 heteroatoms. The SMILES string of the molecule is Cc1nc(N/N=C\c2ccccc2F)cc(-c2ccccc2)n1. The Morgan fingerprint density at radius 2 is 1.74 bits per heavy atom. The number of halogens is 1. The second kappa shape index (κ2) is 6.79. The van der Waals surface area contributed by atoms with E-state index in [-0.39, 0.29) is 5.82 Å². The molecule has 3 aromatic rings. The molecule has 0 saturated heterocycles. The maximum Gasteiger partial charge on any atom is 0.150 e. The molecule has 23 heavy (non-hydrogen) atoms. The highest BCUT2D eigenvalue weighted by molar-refractivity contribution is 5.80. The summed E-state index contributed by atoms with van der Waals surface area (Å²) in [6.45, 7) is 1.82. The minimum absolute atomic E-state index is 0.318. The van der Waals surface area contributed by atoms with Crippen molar-refractivity contribution in [2.24, 2.45) is 5.10 Å². The third-order valence-electron chi connectivity index (χ3n) is 3.20. The molecular formula is C18H15FN4. The van der Waals surface area contributed by atoms with Gasteiger partial charge in [-0.1, -0.05) is 48.5 Å². The van der Waals surface area contributed by atoms with Crippen LogP contribution in [0, 0.1) is 12.7 Å². The first kappa shape index (κ1) is 14.8. The number of hydrogen-bond donors (Lipinski definition) is 1. The molecule has 0 spiro atoms. The minimum atomic E-state index is -0.318. The molecule has 1 heterocycles. The predicted octanol–water partition coefficient (Wildman–Crippen LogP) is 4.04. The Balaban J connectivity index is 1.81. The van der Waals surface area contributed by atoms with Crippen molar-refractivity contribution in [2.75, 3.05) is 5.43 Å². The van der Waals surface area contributed by atoms with Crippen molar-refractivity contribution in [1.29, 1.82) is 0 Å². The Labute approximate surface area is 133 Å². The van der Waals surface area contributed by atoms with Gasteiger partial charge in [0, 0.05) is 17.2 Å². The lowest BCUT2D eigenvalue weighted by Gasteiger charge is -2.05. The third kappa shape index (κ3) is 3.77. The molecule has 2 aromatic carbocycles. The number of aryl methyl sites for hydroxylation is 1. The summed E-state index contributed by atoms with van der Waals surface area (Å²) in [4.78, 5) is 8.70. The van der Waals surface area contributed by atoms with Gasteiger partial charge in [0.1, 0.15) is 17.5 Å². The number of hydrazone groups is 1. The second-order valence-electron chi connectivity index (χ2n) is 4.94. The number of nitrogens with zero attached hydrogens (tertiary/aromatic N) is 3. The number of hydrogen-bond acceptors (Lipinski definition) is 4. The van der Waals surface area contributed by atoms with Crippen LogP contribution >= 0.6 is 0 Å². The van der Waals surface area contributed by atoms with E-state index in [2.05, 4.69) is 20.5 Å². The standard InChI is InChI=1S/C18H15FN4/c1-13-21-17(14-7-3-2-4-8-14)11-18(22-13)23-20-12-15-9-5-6-10-16(15)19/h2-12H,1H3,(H,21,22,23)/b20-12-. The zero-order valence-electron chi connectivity index (χ0n) is 12.6. The quantitative estimate of drug-likeness (QED) is 0.584. The Bertz CT molecular complexity index is 831. The Morgan fingerprint density at radius 1 is 1.00 bits per heavy atom. The van der Waals surface area contributed by atoms with Crippen molar-refractivity contribution in [2.45, 2.75) is 6.92 Å². The van der Waals surface area contributed by atoms with Crippen LogP contribution in [0.5, 0.6) is 0 Å². The molecule has 0 bridgehead atoms. The highest BCUT2D eigenvalue weighted by Crippen LogP contribution is 2.19. The van der Waals surface area contributed by atoms with Crippen LogP contribution in [0.3, 0.4) is 0 Å². The second-order valence-corrected chi connectivity index (χ2v) is 4.94. The largest absolute Gasteiger partial charge is 0.261 e. The average Bonchev–Trinajstić information content (AvgIpc) is 2.57. The van der Waals surface area contributed by atoms with Crippen LogP contribution in [0.1, 0.15) is 11.4 Å².